The lowest BCUT2D eigenvalue weighted by molar-refractivity contribution is -0.121. The van der Waals surface area contributed by atoms with E-state index in [1.54, 1.807) is 28.8 Å². The van der Waals surface area contributed by atoms with Crippen molar-refractivity contribution in [3.05, 3.63) is 96.3 Å². The van der Waals surface area contributed by atoms with Crippen molar-refractivity contribution in [2.45, 2.75) is 22.9 Å². The normalized spacial score (nSPS) is 11.8. The largest absolute Gasteiger partial charge is 0.353 e. The Kier molecular flexibility index (Phi) is 5.89. The van der Waals surface area contributed by atoms with Crippen LogP contribution in [0.4, 0.5) is 0 Å². The van der Waals surface area contributed by atoms with E-state index in [1.165, 1.54) is 18.3 Å². The summed E-state index contributed by atoms with van der Waals surface area (Å²) in [6, 6.07) is 23.4. The molecule has 2 heterocycles. The van der Waals surface area contributed by atoms with Crippen LogP contribution in [0.3, 0.4) is 0 Å². The van der Waals surface area contributed by atoms with Crippen LogP contribution in [0.15, 0.2) is 101 Å². The number of carbonyl (C=O) groups excluding carboxylic acids is 1. The van der Waals surface area contributed by atoms with Crippen molar-refractivity contribution in [3.63, 3.8) is 0 Å². The Bertz CT molecular complexity index is 1600. The Morgan fingerprint density at radius 2 is 1.56 bits per heavy atom. The van der Waals surface area contributed by atoms with Crippen LogP contribution in [-0.4, -0.2) is 30.0 Å². The second-order valence-electron chi connectivity index (χ2n) is 8.01. The zero-order chi connectivity index (χ0) is 23.7. The van der Waals surface area contributed by atoms with Crippen LogP contribution in [0, 0.1) is 0 Å². The second kappa shape index (κ2) is 9.00. The molecule has 8 heteroatoms. The standard InChI is InChI=1S/C26H22ClN3O3S/c27-20-9-11-21(12-10-20)34(32,33)25-17-30(24-8-4-2-6-22(24)25)18-26(31)28-14-16-29-15-13-19-5-1-3-7-23(19)29/h1-13,15,17H,14,16,18H2,(H,28,31). The average molecular weight is 492 g/mol. The lowest BCUT2D eigenvalue weighted by Crippen LogP contribution is -2.30. The topological polar surface area (TPSA) is 73.1 Å². The van der Waals surface area contributed by atoms with Crippen molar-refractivity contribution in [2.75, 3.05) is 6.54 Å². The molecule has 0 aliphatic rings. The summed E-state index contributed by atoms with van der Waals surface area (Å²) in [5, 5.41) is 5.13. The number of carbonyl (C=O) groups is 1. The molecule has 0 spiro atoms. The van der Waals surface area contributed by atoms with Gasteiger partial charge in [-0.15, -0.1) is 0 Å². The van der Waals surface area contributed by atoms with E-state index in [4.69, 9.17) is 11.6 Å². The molecule has 0 saturated heterocycles. The molecule has 0 bridgehead atoms. The van der Waals surface area contributed by atoms with Crippen LogP contribution in [-0.2, 0) is 27.7 Å². The number of aromatic nitrogens is 2. The van der Waals surface area contributed by atoms with E-state index >= 15 is 0 Å². The Balaban J connectivity index is 1.35. The first-order valence-corrected chi connectivity index (χ1v) is 12.7. The monoisotopic (exact) mass is 491 g/mol. The summed E-state index contributed by atoms with van der Waals surface area (Å²) in [5.41, 5.74) is 1.80. The molecule has 0 fully saturated rings. The molecule has 0 aliphatic heterocycles. The number of hydrogen-bond donors (Lipinski definition) is 1. The fourth-order valence-electron chi connectivity index (χ4n) is 4.16. The minimum atomic E-state index is -3.78. The molecular weight excluding hydrogens is 470 g/mol. The van der Waals surface area contributed by atoms with Crippen LogP contribution in [0.5, 0.6) is 0 Å². The first kappa shape index (κ1) is 22.3. The molecule has 6 nitrogen and oxygen atoms in total. The smallest absolute Gasteiger partial charge is 0.240 e. The van der Waals surface area contributed by atoms with Gasteiger partial charge in [0.25, 0.3) is 0 Å². The molecular formula is C26H22ClN3O3S. The zero-order valence-electron chi connectivity index (χ0n) is 18.2. The van der Waals surface area contributed by atoms with Crippen molar-refractivity contribution >= 4 is 49.2 Å². The molecule has 0 radical (unpaired) electrons. The van der Waals surface area contributed by atoms with Crippen LogP contribution in [0.1, 0.15) is 0 Å². The maximum absolute atomic E-state index is 13.3. The number of fused-ring (bicyclic) bond motifs is 2. The van der Waals surface area contributed by atoms with Gasteiger partial charge < -0.3 is 14.5 Å². The SMILES string of the molecule is O=C(Cn1cc(S(=O)(=O)c2ccc(Cl)cc2)c2ccccc21)NCCn1ccc2ccccc21. The predicted molar refractivity (Wildman–Crippen MR) is 134 cm³/mol. The number of para-hydroxylation sites is 2. The maximum Gasteiger partial charge on any atom is 0.240 e. The summed E-state index contributed by atoms with van der Waals surface area (Å²) in [7, 11) is -3.78. The molecule has 5 rings (SSSR count). The van der Waals surface area contributed by atoms with Gasteiger partial charge >= 0.3 is 0 Å². The van der Waals surface area contributed by atoms with Crippen molar-refractivity contribution in [3.8, 4) is 0 Å². The lowest BCUT2D eigenvalue weighted by Gasteiger charge is -2.09. The summed E-state index contributed by atoms with van der Waals surface area (Å²) in [5.74, 6) is -0.187. The molecule has 5 aromatic rings. The predicted octanol–water partition coefficient (Wildman–Crippen LogP) is 4.90. The average Bonchev–Trinajstić information content (AvgIpc) is 3.42. The third kappa shape index (κ3) is 4.20. The molecule has 3 aromatic carbocycles. The highest BCUT2D eigenvalue weighted by Gasteiger charge is 2.23. The van der Waals surface area contributed by atoms with E-state index in [2.05, 4.69) is 16.0 Å². The molecule has 0 saturated carbocycles. The van der Waals surface area contributed by atoms with Crippen LogP contribution >= 0.6 is 11.6 Å². The van der Waals surface area contributed by atoms with Gasteiger partial charge in [0.15, 0.2) is 0 Å². The molecule has 172 valence electrons. The van der Waals surface area contributed by atoms with Crippen molar-refractivity contribution in [2.24, 2.45) is 0 Å². The molecule has 34 heavy (non-hydrogen) atoms. The van der Waals surface area contributed by atoms with Crippen LogP contribution < -0.4 is 5.32 Å². The van der Waals surface area contributed by atoms with Gasteiger partial charge in [0.05, 0.1) is 9.79 Å². The van der Waals surface area contributed by atoms with Gasteiger partial charge in [-0.2, -0.15) is 0 Å². The number of amides is 1. The molecule has 0 aliphatic carbocycles. The van der Waals surface area contributed by atoms with Crippen LogP contribution in [0.25, 0.3) is 21.8 Å². The highest BCUT2D eigenvalue weighted by atomic mass is 35.5. The Labute approximate surface area is 202 Å². The molecule has 2 aromatic heterocycles. The van der Waals surface area contributed by atoms with Gasteiger partial charge in [-0.05, 0) is 47.9 Å². The Hall–Kier alpha value is -3.55. The van der Waals surface area contributed by atoms with Crippen molar-refractivity contribution in [1.29, 1.82) is 0 Å². The fraction of sp³-hybridized carbons (Fsp3) is 0.115. The van der Waals surface area contributed by atoms with Gasteiger partial charge in [-0.25, -0.2) is 8.42 Å². The van der Waals surface area contributed by atoms with Gasteiger partial charge in [0, 0.05) is 46.9 Å². The number of benzene rings is 3. The molecule has 1 amide bonds. The van der Waals surface area contributed by atoms with Gasteiger partial charge in [-0.3, -0.25) is 4.79 Å². The summed E-state index contributed by atoms with van der Waals surface area (Å²) in [6.07, 6.45) is 3.54. The molecule has 1 N–H and O–H groups in total. The molecule has 0 unspecified atom stereocenters. The highest BCUT2D eigenvalue weighted by molar-refractivity contribution is 7.91. The van der Waals surface area contributed by atoms with Crippen molar-refractivity contribution < 1.29 is 13.2 Å². The lowest BCUT2D eigenvalue weighted by atomic mass is 10.2. The van der Waals surface area contributed by atoms with E-state index in [9.17, 15) is 13.2 Å². The van der Waals surface area contributed by atoms with Crippen molar-refractivity contribution in [1.82, 2.24) is 14.5 Å². The van der Waals surface area contributed by atoms with Gasteiger partial charge in [0.2, 0.25) is 15.7 Å². The van der Waals surface area contributed by atoms with E-state index in [1.807, 2.05) is 42.6 Å². The number of halogens is 1. The first-order valence-electron chi connectivity index (χ1n) is 10.8. The van der Waals surface area contributed by atoms with Gasteiger partial charge in [0.1, 0.15) is 6.54 Å². The van der Waals surface area contributed by atoms with E-state index in [-0.39, 0.29) is 22.2 Å². The minimum absolute atomic E-state index is 0.0169. The van der Waals surface area contributed by atoms with Crippen LogP contribution in [0.2, 0.25) is 5.02 Å². The maximum atomic E-state index is 13.3. The Morgan fingerprint density at radius 1 is 0.853 bits per heavy atom. The number of sulfone groups is 1. The van der Waals surface area contributed by atoms with E-state index in [0.717, 1.165) is 10.9 Å². The highest BCUT2D eigenvalue weighted by Crippen LogP contribution is 2.30. The third-order valence-electron chi connectivity index (χ3n) is 5.83. The number of nitrogens with one attached hydrogen (secondary N) is 1. The quantitative estimate of drug-likeness (QED) is 0.352. The second-order valence-corrected chi connectivity index (χ2v) is 10.4. The number of hydrogen-bond acceptors (Lipinski definition) is 3. The van der Waals surface area contributed by atoms with E-state index < -0.39 is 9.84 Å². The summed E-state index contributed by atoms with van der Waals surface area (Å²) in [4.78, 5) is 13.0. The zero-order valence-corrected chi connectivity index (χ0v) is 19.8. The fourth-order valence-corrected chi connectivity index (χ4v) is 5.76. The first-order chi connectivity index (χ1) is 16.4. The summed E-state index contributed by atoms with van der Waals surface area (Å²) < 4.78 is 30.4. The van der Waals surface area contributed by atoms with E-state index in [0.29, 0.717) is 29.0 Å². The van der Waals surface area contributed by atoms with Gasteiger partial charge in [-0.1, -0.05) is 48.0 Å². The number of nitrogens with zero attached hydrogens (tertiary/aromatic N) is 2. The Morgan fingerprint density at radius 3 is 2.35 bits per heavy atom. The summed E-state index contributed by atoms with van der Waals surface area (Å²) in [6.45, 7) is 1.12. The molecule has 0 atom stereocenters. The third-order valence-corrected chi connectivity index (χ3v) is 7.88. The minimum Gasteiger partial charge on any atom is -0.353 e. The summed E-state index contributed by atoms with van der Waals surface area (Å²) >= 11 is 5.92. The number of rotatable bonds is 7.